The first-order valence-electron chi connectivity index (χ1n) is 6.55. The predicted molar refractivity (Wildman–Crippen MR) is 86.9 cm³/mol. The lowest BCUT2D eigenvalue weighted by Crippen LogP contribution is -2.10. The first kappa shape index (κ1) is 15.5. The van der Waals surface area contributed by atoms with Gasteiger partial charge in [0.15, 0.2) is 0 Å². The van der Waals surface area contributed by atoms with Gasteiger partial charge >= 0.3 is 0 Å². The number of anilines is 2. The van der Waals surface area contributed by atoms with Crippen LogP contribution in [-0.2, 0) is 4.79 Å². The average Bonchev–Trinajstić information content (AvgIpc) is 2.41. The maximum Gasteiger partial charge on any atom is 0.221 e. The zero-order valence-corrected chi connectivity index (χ0v) is 13.4. The van der Waals surface area contributed by atoms with E-state index in [1.807, 2.05) is 31.2 Å². The first-order chi connectivity index (χ1) is 9.95. The summed E-state index contributed by atoms with van der Waals surface area (Å²) >= 11 is 3.23. The van der Waals surface area contributed by atoms with Crippen LogP contribution in [0.25, 0.3) is 0 Å². The number of carbonyl (C=O) groups excluding carboxylic acids is 1. The van der Waals surface area contributed by atoms with E-state index >= 15 is 0 Å². The van der Waals surface area contributed by atoms with Gasteiger partial charge in [0, 0.05) is 23.1 Å². The van der Waals surface area contributed by atoms with Crippen molar-refractivity contribution in [3.05, 3.63) is 58.3 Å². The van der Waals surface area contributed by atoms with E-state index in [0.29, 0.717) is 10.2 Å². The Morgan fingerprint density at radius 1 is 1.24 bits per heavy atom. The minimum absolute atomic E-state index is 0.0885. The lowest BCUT2D eigenvalue weighted by Gasteiger charge is -2.17. The highest BCUT2D eigenvalue weighted by molar-refractivity contribution is 9.10. The number of halogens is 2. The van der Waals surface area contributed by atoms with Gasteiger partial charge in [-0.3, -0.25) is 4.79 Å². The van der Waals surface area contributed by atoms with Gasteiger partial charge in [-0.1, -0.05) is 28.1 Å². The largest absolute Gasteiger partial charge is 0.376 e. The van der Waals surface area contributed by atoms with E-state index in [1.165, 1.54) is 13.0 Å². The second-order valence-electron chi connectivity index (χ2n) is 4.80. The summed E-state index contributed by atoms with van der Waals surface area (Å²) in [5.74, 6) is -0.430. The van der Waals surface area contributed by atoms with E-state index in [2.05, 4.69) is 26.6 Å². The molecule has 0 heterocycles. The van der Waals surface area contributed by atoms with Gasteiger partial charge in [-0.05, 0) is 42.8 Å². The summed E-state index contributed by atoms with van der Waals surface area (Å²) in [6.45, 7) is 3.40. The Bertz CT molecular complexity index is 660. The summed E-state index contributed by atoms with van der Waals surface area (Å²) in [7, 11) is 0. The first-order valence-corrected chi connectivity index (χ1v) is 7.34. The molecule has 1 amide bonds. The standard InChI is InChI=1S/C16H16BrFN2O/c1-10(19-16-7-6-13(17)9-15(16)18)12-4-3-5-14(8-12)20-11(2)21/h3-10,19H,1-2H3,(H,20,21). The van der Waals surface area contributed by atoms with Crippen molar-refractivity contribution in [3.8, 4) is 0 Å². The molecule has 2 rings (SSSR count). The second kappa shape index (κ2) is 6.72. The third-order valence-electron chi connectivity index (χ3n) is 3.01. The molecule has 5 heteroatoms. The van der Waals surface area contributed by atoms with Crippen LogP contribution in [0, 0.1) is 5.82 Å². The fourth-order valence-electron chi connectivity index (χ4n) is 2.01. The van der Waals surface area contributed by atoms with Crippen LogP contribution >= 0.6 is 15.9 Å². The zero-order chi connectivity index (χ0) is 15.4. The molecule has 0 aliphatic carbocycles. The highest BCUT2D eigenvalue weighted by atomic mass is 79.9. The topological polar surface area (TPSA) is 41.1 Å². The Labute approximate surface area is 131 Å². The van der Waals surface area contributed by atoms with Crippen LogP contribution in [0.3, 0.4) is 0 Å². The lowest BCUT2D eigenvalue weighted by atomic mass is 10.1. The van der Waals surface area contributed by atoms with E-state index in [9.17, 15) is 9.18 Å². The van der Waals surface area contributed by atoms with Crippen LogP contribution in [0.15, 0.2) is 46.9 Å². The summed E-state index contributed by atoms with van der Waals surface area (Å²) < 4.78 is 14.5. The summed E-state index contributed by atoms with van der Waals surface area (Å²) in [5.41, 5.74) is 2.13. The SMILES string of the molecule is CC(=O)Nc1cccc(C(C)Nc2ccc(Br)cc2F)c1. The number of carbonyl (C=O) groups is 1. The van der Waals surface area contributed by atoms with Gasteiger partial charge in [0.25, 0.3) is 0 Å². The Morgan fingerprint density at radius 2 is 2.00 bits per heavy atom. The minimum atomic E-state index is -0.311. The molecule has 1 atom stereocenters. The average molecular weight is 351 g/mol. The molecule has 1 unspecified atom stereocenters. The van der Waals surface area contributed by atoms with Crippen molar-refractivity contribution >= 4 is 33.2 Å². The normalized spacial score (nSPS) is 11.8. The molecule has 0 aromatic heterocycles. The molecule has 110 valence electrons. The predicted octanol–water partition coefficient (Wildman–Crippen LogP) is 4.72. The molecule has 2 aromatic carbocycles. The Morgan fingerprint density at radius 3 is 2.67 bits per heavy atom. The van der Waals surface area contributed by atoms with Gasteiger partial charge < -0.3 is 10.6 Å². The molecule has 0 aliphatic rings. The van der Waals surface area contributed by atoms with Crippen LogP contribution in [0.5, 0.6) is 0 Å². The fourth-order valence-corrected chi connectivity index (χ4v) is 2.35. The summed E-state index contributed by atoms with van der Waals surface area (Å²) in [4.78, 5) is 11.1. The molecule has 0 saturated carbocycles. The molecular weight excluding hydrogens is 335 g/mol. The van der Waals surface area contributed by atoms with Gasteiger partial charge in [0.2, 0.25) is 5.91 Å². The molecule has 0 bridgehead atoms. The van der Waals surface area contributed by atoms with Crippen molar-refractivity contribution in [1.82, 2.24) is 0 Å². The smallest absolute Gasteiger partial charge is 0.221 e. The molecule has 2 aromatic rings. The monoisotopic (exact) mass is 350 g/mol. The molecule has 0 radical (unpaired) electrons. The summed E-state index contributed by atoms with van der Waals surface area (Å²) in [6.07, 6.45) is 0. The van der Waals surface area contributed by atoms with Gasteiger partial charge in [-0.25, -0.2) is 4.39 Å². The van der Waals surface area contributed by atoms with E-state index in [-0.39, 0.29) is 17.8 Å². The number of hydrogen-bond acceptors (Lipinski definition) is 2. The number of benzene rings is 2. The molecule has 2 N–H and O–H groups in total. The third-order valence-corrected chi connectivity index (χ3v) is 3.50. The van der Waals surface area contributed by atoms with Crippen LogP contribution in [0.2, 0.25) is 0 Å². The van der Waals surface area contributed by atoms with Crippen molar-refractivity contribution in [1.29, 1.82) is 0 Å². The highest BCUT2D eigenvalue weighted by Gasteiger charge is 2.09. The second-order valence-corrected chi connectivity index (χ2v) is 5.71. The van der Waals surface area contributed by atoms with Crippen LogP contribution < -0.4 is 10.6 Å². The van der Waals surface area contributed by atoms with Crippen LogP contribution in [0.1, 0.15) is 25.5 Å². The van der Waals surface area contributed by atoms with Crippen molar-refractivity contribution < 1.29 is 9.18 Å². The lowest BCUT2D eigenvalue weighted by molar-refractivity contribution is -0.114. The minimum Gasteiger partial charge on any atom is -0.376 e. The van der Waals surface area contributed by atoms with E-state index in [4.69, 9.17) is 0 Å². The molecule has 0 saturated heterocycles. The number of hydrogen-bond donors (Lipinski definition) is 2. The third kappa shape index (κ3) is 4.29. The van der Waals surface area contributed by atoms with Crippen LogP contribution in [0.4, 0.5) is 15.8 Å². The summed E-state index contributed by atoms with van der Waals surface area (Å²) in [5, 5.41) is 5.86. The molecule has 0 spiro atoms. The van der Waals surface area contributed by atoms with Crippen molar-refractivity contribution in [2.24, 2.45) is 0 Å². The molecule has 21 heavy (non-hydrogen) atoms. The Kier molecular flexibility index (Phi) is 4.96. The van der Waals surface area contributed by atoms with Crippen molar-refractivity contribution in [2.75, 3.05) is 10.6 Å². The zero-order valence-electron chi connectivity index (χ0n) is 11.8. The quantitative estimate of drug-likeness (QED) is 0.837. The maximum atomic E-state index is 13.8. The van der Waals surface area contributed by atoms with Gasteiger partial charge in [0.1, 0.15) is 5.82 Å². The Hall–Kier alpha value is -1.88. The molecule has 3 nitrogen and oxygen atoms in total. The summed E-state index contributed by atoms with van der Waals surface area (Å²) in [6, 6.07) is 12.3. The van der Waals surface area contributed by atoms with Crippen molar-refractivity contribution in [3.63, 3.8) is 0 Å². The number of rotatable bonds is 4. The highest BCUT2D eigenvalue weighted by Crippen LogP contribution is 2.25. The maximum absolute atomic E-state index is 13.8. The number of nitrogens with one attached hydrogen (secondary N) is 2. The van der Waals surface area contributed by atoms with Crippen LogP contribution in [-0.4, -0.2) is 5.91 Å². The van der Waals surface area contributed by atoms with Gasteiger partial charge in [-0.2, -0.15) is 0 Å². The van der Waals surface area contributed by atoms with Gasteiger partial charge in [0.05, 0.1) is 5.69 Å². The van der Waals surface area contributed by atoms with Gasteiger partial charge in [-0.15, -0.1) is 0 Å². The molecule has 0 aliphatic heterocycles. The van der Waals surface area contributed by atoms with E-state index in [0.717, 1.165) is 11.3 Å². The van der Waals surface area contributed by atoms with Crippen molar-refractivity contribution in [2.45, 2.75) is 19.9 Å². The molecule has 0 fully saturated rings. The fraction of sp³-hybridized carbons (Fsp3) is 0.188. The number of amides is 1. The molecular formula is C16H16BrFN2O. The Balaban J connectivity index is 2.16. The van der Waals surface area contributed by atoms with E-state index < -0.39 is 0 Å². The van der Waals surface area contributed by atoms with E-state index in [1.54, 1.807) is 12.1 Å².